The van der Waals surface area contributed by atoms with Gasteiger partial charge in [-0.15, -0.1) is 0 Å². The molecule has 0 atom stereocenters. The van der Waals surface area contributed by atoms with Gasteiger partial charge in [-0.05, 0) is 80.6 Å². The van der Waals surface area contributed by atoms with Gasteiger partial charge in [0.1, 0.15) is 12.4 Å². The van der Waals surface area contributed by atoms with Gasteiger partial charge in [0.25, 0.3) is 0 Å². The number of carbonyl (C=O) groups is 1. The van der Waals surface area contributed by atoms with Crippen LogP contribution < -0.4 is 4.74 Å². The summed E-state index contributed by atoms with van der Waals surface area (Å²) in [5, 5.41) is 0. The van der Waals surface area contributed by atoms with E-state index in [2.05, 4.69) is 41.0 Å². The highest BCUT2D eigenvalue weighted by Crippen LogP contribution is 2.30. The number of benzene rings is 3. The second-order valence-electron chi connectivity index (χ2n) is 9.01. The fourth-order valence-corrected chi connectivity index (χ4v) is 3.90. The number of ketones is 1. The molecular weight excluding hydrogens is 420 g/mol. The summed E-state index contributed by atoms with van der Waals surface area (Å²) in [6.07, 6.45) is 4.51. The first kappa shape index (κ1) is 25.4. The third-order valence-corrected chi connectivity index (χ3v) is 5.71. The van der Waals surface area contributed by atoms with Crippen molar-refractivity contribution in [1.29, 1.82) is 0 Å². The molecule has 0 aliphatic carbocycles. The molecule has 0 aromatic heterocycles. The van der Waals surface area contributed by atoms with Gasteiger partial charge in [0.15, 0.2) is 5.78 Å². The van der Waals surface area contributed by atoms with Crippen molar-refractivity contribution in [2.75, 3.05) is 41.3 Å². The minimum Gasteiger partial charge on any atom is -0.491 e. The van der Waals surface area contributed by atoms with Crippen LogP contribution in [0.5, 0.6) is 5.75 Å². The van der Waals surface area contributed by atoms with Crippen molar-refractivity contribution < 1.29 is 9.53 Å². The fraction of sp³-hybridized carbons (Fsp3) is 0.300. The molecule has 0 amide bonds. The van der Waals surface area contributed by atoms with Gasteiger partial charge in [-0.2, -0.15) is 0 Å². The molecule has 3 rings (SSSR count). The minimum absolute atomic E-state index is 0.0599. The molecule has 4 nitrogen and oxygen atoms in total. The second-order valence-corrected chi connectivity index (χ2v) is 9.01. The zero-order valence-corrected chi connectivity index (χ0v) is 21.0. The van der Waals surface area contributed by atoms with E-state index in [1.165, 1.54) is 11.1 Å². The third kappa shape index (κ3) is 6.89. The van der Waals surface area contributed by atoms with E-state index < -0.39 is 0 Å². The van der Waals surface area contributed by atoms with Crippen LogP contribution in [-0.2, 0) is 13.0 Å². The van der Waals surface area contributed by atoms with Crippen molar-refractivity contribution in [1.82, 2.24) is 9.80 Å². The average Bonchev–Trinajstić information content (AvgIpc) is 2.83. The van der Waals surface area contributed by atoms with Crippen molar-refractivity contribution >= 4 is 11.9 Å². The minimum atomic E-state index is -0.0599. The van der Waals surface area contributed by atoms with Crippen LogP contribution in [0.1, 0.15) is 34.0 Å². The van der Waals surface area contributed by atoms with Gasteiger partial charge in [-0.1, -0.05) is 67.6 Å². The van der Waals surface area contributed by atoms with Crippen molar-refractivity contribution in [2.24, 2.45) is 0 Å². The van der Waals surface area contributed by atoms with Crippen LogP contribution in [0.4, 0.5) is 0 Å². The quantitative estimate of drug-likeness (QED) is 0.269. The van der Waals surface area contributed by atoms with Gasteiger partial charge in [-0.3, -0.25) is 4.79 Å². The van der Waals surface area contributed by atoms with Crippen LogP contribution in [0.15, 0.2) is 72.8 Å². The molecule has 34 heavy (non-hydrogen) atoms. The van der Waals surface area contributed by atoms with Gasteiger partial charge >= 0.3 is 0 Å². The molecule has 0 fully saturated rings. The summed E-state index contributed by atoms with van der Waals surface area (Å²) in [6.45, 7) is 4.27. The fourth-order valence-electron chi connectivity index (χ4n) is 3.90. The summed E-state index contributed by atoms with van der Waals surface area (Å²) < 4.78 is 6.04. The number of carbonyl (C=O) groups excluding carboxylic acids is 1. The molecule has 3 aromatic rings. The molecule has 178 valence electrons. The monoisotopic (exact) mass is 456 g/mol. The van der Waals surface area contributed by atoms with E-state index in [-0.39, 0.29) is 5.78 Å². The summed E-state index contributed by atoms with van der Waals surface area (Å²) in [6, 6.07) is 22.5. The molecule has 0 spiro atoms. The molecule has 0 saturated carbocycles. The predicted molar refractivity (Wildman–Crippen MR) is 143 cm³/mol. The Kier molecular flexibility index (Phi) is 9.20. The van der Waals surface area contributed by atoms with Crippen molar-refractivity contribution in [3.8, 4) is 16.9 Å². The molecule has 0 N–H and O–H groups in total. The number of rotatable bonds is 11. The lowest BCUT2D eigenvalue weighted by atomic mass is 9.95. The molecule has 4 heteroatoms. The van der Waals surface area contributed by atoms with E-state index in [9.17, 15) is 4.79 Å². The largest absolute Gasteiger partial charge is 0.491 e. The van der Waals surface area contributed by atoms with Crippen LogP contribution in [0, 0.1) is 0 Å². The highest BCUT2D eigenvalue weighted by atomic mass is 16.5. The van der Waals surface area contributed by atoms with Crippen LogP contribution >= 0.6 is 0 Å². The first-order valence-electron chi connectivity index (χ1n) is 11.8. The lowest BCUT2D eigenvalue weighted by molar-refractivity contribution is 0.104. The van der Waals surface area contributed by atoms with Gasteiger partial charge in [0.05, 0.1) is 5.56 Å². The Labute approximate surface area is 204 Å². The van der Waals surface area contributed by atoms with E-state index in [1.54, 1.807) is 6.08 Å². The topological polar surface area (TPSA) is 32.8 Å². The SMILES string of the molecule is CCc1ccccc1-c1ccc(OCCN(C)C)c(C(=O)/C=C/c2ccccc2CN(C)C)c1. The van der Waals surface area contributed by atoms with E-state index in [4.69, 9.17) is 4.74 Å². The summed E-state index contributed by atoms with van der Waals surface area (Å²) in [7, 11) is 8.10. The van der Waals surface area contributed by atoms with Crippen LogP contribution in [0.25, 0.3) is 17.2 Å². The molecule has 0 aliphatic heterocycles. The average molecular weight is 457 g/mol. The Balaban J connectivity index is 1.96. The predicted octanol–water partition coefficient (Wildman–Crippen LogP) is 5.81. The number of nitrogens with zero attached hydrogens (tertiary/aromatic N) is 2. The van der Waals surface area contributed by atoms with E-state index in [0.717, 1.165) is 36.2 Å². The molecule has 0 heterocycles. The van der Waals surface area contributed by atoms with Crippen LogP contribution in [0.3, 0.4) is 0 Å². The Morgan fingerprint density at radius 2 is 1.59 bits per heavy atom. The summed E-state index contributed by atoms with van der Waals surface area (Å²) in [4.78, 5) is 17.6. The Morgan fingerprint density at radius 3 is 2.29 bits per heavy atom. The first-order chi connectivity index (χ1) is 16.4. The molecule has 0 unspecified atom stereocenters. The number of hydrogen-bond donors (Lipinski definition) is 0. The standard InChI is InChI=1S/C30H36N2O2/c1-6-23-11-9-10-14-27(23)25-16-18-30(34-20-19-31(2)3)28(21-25)29(33)17-15-24-12-7-8-13-26(24)22-32(4)5/h7-18,21H,6,19-20,22H2,1-5H3/b17-15+. The Bertz CT molecular complexity index is 1130. The molecule has 3 aromatic carbocycles. The lowest BCUT2D eigenvalue weighted by Gasteiger charge is -2.15. The van der Waals surface area contributed by atoms with Crippen LogP contribution in [0.2, 0.25) is 0 Å². The van der Waals surface area contributed by atoms with Gasteiger partial charge in [-0.25, -0.2) is 0 Å². The number of ether oxygens (including phenoxy) is 1. The Morgan fingerprint density at radius 1 is 0.882 bits per heavy atom. The summed E-state index contributed by atoms with van der Waals surface area (Å²) >= 11 is 0. The Hall–Kier alpha value is -3.21. The summed E-state index contributed by atoms with van der Waals surface area (Å²) in [5.74, 6) is 0.561. The number of allylic oxidation sites excluding steroid dienone is 1. The highest BCUT2D eigenvalue weighted by Gasteiger charge is 2.14. The maximum atomic E-state index is 13.4. The number of hydrogen-bond acceptors (Lipinski definition) is 4. The molecule has 0 radical (unpaired) electrons. The van der Waals surface area contributed by atoms with Gasteiger partial charge in [0.2, 0.25) is 0 Å². The van der Waals surface area contributed by atoms with Crippen molar-refractivity contribution in [3.63, 3.8) is 0 Å². The molecule has 0 aliphatic rings. The number of likely N-dealkylation sites (N-methyl/N-ethyl adjacent to an activating group) is 1. The highest BCUT2D eigenvalue weighted by molar-refractivity contribution is 6.09. The van der Waals surface area contributed by atoms with Crippen LogP contribution in [-0.4, -0.2) is 56.9 Å². The number of aryl methyl sites for hydroxylation is 1. The second kappa shape index (κ2) is 12.3. The van der Waals surface area contributed by atoms with E-state index in [1.807, 2.05) is 76.7 Å². The summed E-state index contributed by atoms with van der Waals surface area (Å²) in [5.41, 5.74) is 6.26. The van der Waals surface area contributed by atoms with Crippen molar-refractivity contribution in [2.45, 2.75) is 19.9 Å². The smallest absolute Gasteiger partial charge is 0.189 e. The molecule has 0 bridgehead atoms. The van der Waals surface area contributed by atoms with E-state index >= 15 is 0 Å². The molecule has 0 saturated heterocycles. The zero-order chi connectivity index (χ0) is 24.5. The van der Waals surface area contributed by atoms with E-state index in [0.29, 0.717) is 17.9 Å². The normalized spacial score (nSPS) is 11.5. The van der Waals surface area contributed by atoms with Gasteiger partial charge < -0.3 is 14.5 Å². The maximum Gasteiger partial charge on any atom is 0.189 e. The maximum absolute atomic E-state index is 13.4. The first-order valence-corrected chi connectivity index (χ1v) is 11.8. The lowest BCUT2D eigenvalue weighted by Crippen LogP contribution is -2.20. The third-order valence-electron chi connectivity index (χ3n) is 5.71. The van der Waals surface area contributed by atoms with Crippen molar-refractivity contribution in [3.05, 3.63) is 95.1 Å². The zero-order valence-electron chi connectivity index (χ0n) is 21.0. The molecular formula is C30H36N2O2. The van der Waals surface area contributed by atoms with Gasteiger partial charge in [0, 0.05) is 13.1 Å².